The third kappa shape index (κ3) is 3.66. The minimum atomic E-state index is -0.123. The van der Waals surface area contributed by atoms with Crippen LogP contribution in [0.5, 0.6) is 0 Å². The molecule has 0 unspecified atom stereocenters. The molecule has 142 valence electrons. The van der Waals surface area contributed by atoms with E-state index in [4.69, 9.17) is 0 Å². The number of aryl methyl sites for hydroxylation is 2. The Morgan fingerprint density at radius 2 is 2.07 bits per heavy atom. The molecule has 1 amide bonds. The van der Waals surface area contributed by atoms with E-state index in [0.29, 0.717) is 23.9 Å². The van der Waals surface area contributed by atoms with Crippen LogP contribution in [0.4, 0.5) is 11.6 Å². The Morgan fingerprint density at radius 1 is 1.18 bits per heavy atom. The third-order valence-electron chi connectivity index (χ3n) is 4.75. The van der Waals surface area contributed by atoms with Crippen LogP contribution < -0.4 is 5.32 Å². The zero-order valence-electron chi connectivity index (χ0n) is 15.8. The summed E-state index contributed by atoms with van der Waals surface area (Å²) in [6.45, 7) is 4.51. The molecule has 1 fully saturated rings. The van der Waals surface area contributed by atoms with Gasteiger partial charge in [-0.25, -0.2) is 19.9 Å². The Bertz CT molecular complexity index is 993. The van der Waals surface area contributed by atoms with Crippen molar-refractivity contribution in [1.82, 2.24) is 29.8 Å². The predicted octanol–water partition coefficient (Wildman–Crippen LogP) is 3.00. The molecule has 1 aliphatic rings. The van der Waals surface area contributed by atoms with E-state index >= 15 is 0 Å². The molecular formula is C20H21N7O. The van der Waals surface area contributed by atoms with Gasteiger partial charge in [-0.1, -0.05) is 6.07 Å². The number of hydrogen-bond donors (Lipinski definition) is 1. The summed E-state index contributed by atoms with van der Waals surface area (Å²) in [5.74, 6) is 1.95. The summed E-state index contributed by atoms with van der Waals surface area (Å²) >= 11 is 0. The Balaban J connectivity index is 1.62. The highest BCUT2D eigenvalue weighted by molar-refractivity contribution is 5.92. The Hall–Kier alpha value is -3.42. The van der Waals surface area contributed by atoms with Crippen molar-refractivity contribution in [2.24, 2.45) is 0 Å². The van der Waals surface area contributed by atoms with Crippen LogP contribution in [-0.2, 0) is 0 Å². The number of amides is 1. The smallest absolute Gasteiger partial charge is 0.274 e. The van der Waals surface area contributed by atoms with Crippen molar-refractivity contribution < 1.29 is 4.79 Å². The molecule has 1 atom stereocenters. The average molecular weight is 375 g/mol. The van der Waals surface area contributed by atoms with E-state index in [-0.39, 0.29) is 11.9 Å². The standard InChI is InChI=1S/C20H21N7O/c1-13-5-3-7-23-19(13)26-18-11-15(24-14(2)25-18)17-6-4-10-27(17)20(28)16-12-21-8-9-22-16/h3,5,7-9,11-12,17H,4,6,10H2,1-2H3,(H,23,24,25,26)/t17-/m0/s1. The number of nitrogens with one attached hydrogen (secondary N) is 1. The van der Waals surface area contributed by atoms with E-state index in [1.807, 2.05) is 36.9 Å². The Labute approximate surface area is 163 Å². The number of carbonyl (C=O) groups excluding carboxylic acids is 1. The van der Waals surface area contributed by atoms with E-state index in [1.165, 1.54) is 12.4 Å². The van der Waals surface area contributed by atoms with E-state index in [2.05, 4.69) is 30.2 Å². The first kappa shape index (κ1) is 18.0. The molecule has 1 saturated heterocycles. The van der Waals surface area contributed by atoms with Crippen molar-refractivity contribution in [1.29, 1.82) is 0 Å². The number of anilines is 2. The first-order valence-electron chi connectivity index (χ1n) is 9.23. The SMILES string of the molecule is Cc1nc(Nc2ncccc2C)cc([C@@H]2CCCN2C(=O)c2cnccn2)n1. The number of rotatable bonds is 4. The lowest BCUT2D eigenvalue weighted by Crippen LogP contribution is -2.31. The van der Waals surface area contributed by atoms with Crippen molar-refractivity contribution in [2.45, 2.75) is 32.7 Å². The Kier molecular flexibility index (Phi) is 4.92. The molecule has 0 aliphatic carbocycles. The van der Waals surface area contributed by atoms with Crippen molar-refractivity contribution in [3.63, 3.8) is 0 Å². The number of nitrogens with zero attached hydrogens (tertiary/aromatic N) is 6. The van der Waals surface area contributed by atoms with E-state index in [0.717, 1.165) is 29.9 Å². The molecule has 3 aromatic heterocycles. The number of aromatic nitrogens is 5. The van der Waals surface area contributed by atoms with Crippen molar-refractivity contribution in [3.05, 3.63) is 65.8 Å². The van der Waals surface area contributed by atoms with Gasteiger partial charge in [0.2, 0.25) is 0 Å². The van der Waals surface area contributed by atoms with Crippen LogP contribution in [0.15, 0.2) is 43.0 Å². The molecule has 4 heterocycles. The summed E-state index contributed by atoms with van der Waals surface area (Å²) < 4.78 is 0. The van der Waals surface area contributed by atoms with Crippen LogP contribution in [0.1, 0.15) is 46.5 Å². The van der Waals surface area contributed by atoms with Gasteiger partial charge in [-0.3, -0.25) is 9.78 Å². The highest BCUT2D eigenvalue weighted by Crippen LogP contribution is 2.33. The van der Waals surface area contributed by atoms with Crippen LogP contribution in [0.25, 0.3) is 0 Å². The van der Waals surface area contributed by atoms with Gasteiger partial charge in [0, 0.05) is 31.2 Å². The number of pyridine rings is 1. The van der Waals surface area contributed by atoms with Gasteiger partial charge in [-0.2, -0.15) is 0 Å². The minimum absolute atomic E-state index is 0.110. The van der Waals surface area contributed by atoms with Crippen LogP contribution >= 0.6 is 0 Å². The molecule has 1 aliphatic heterocycles. The molecular weight excluding hydrogens is 354 g/mol. The largest absolute Gasteiger partial charge is 0.329 e. The van der Waals surface area contributed by atoms with Gasteiger partial charge in [0.15, 0.2) is 0 Å². The zero-order chi connectivity index (χ0) is 19.5. The van der Waals surface area contributed by atoms with Gasteiger partial charge in [0.25, 0.3) is 5.91 Å². The molecule has 8 heteroatoms. The lowest BCUT2D eigenvalue weighted by molar-refractivity contribution is 0.0726. The second kappa shape index (κ2) is 7.67. The van der Waals surface area contributed by atoms with E-state index in [9.17, 15) is 4.79 Å². The number of carbonyl (C=O) groups is 1. The molecule has 0 radical (unpaired) electrons. The lowest BCUT2D eigenvalue weighted by Gasteiger charge is -2.24. The third-order valence-corrected chi connectivity index (χ3v) is 4.75. The van der Waals surface area contributed by atoms with Gasteiger partial charge >= 0.3 is 0 Å². The second-order valence-corrected chi connectivity index (χ2v) is 6.77. The average Bonchev–Trinajstić information content (AvgIpc) is 3.19. The molecule has 0 saturated carbocycles. The maximum atomic E-state index is 12.9. The maximum absolute atomic E-state index is 12.9. The van der Waals surface area contributed by atoms with Gasteiger partial charge in [0.05, 0.1) is 17.9 Å². The highest BCUT2D eigenvalue weighted by Gasteiger charge is 2.32. The number of hydrogen-bond acceptors (Lipinski definition) is 7. The van der Waals surface area contributed by atoms with Crippen LogP contribution in [0, 0.1) is 13.8 Å². The molecule has 0 spiro atoms. The summed E-state index contributed by atoms with van der Waals surface area (Å²) in [5.41, 5.74) is 2.20. The summed E-state index contributed by atoms with van der Waals surface area (Å²) in [4.78, 5) is 36.3. The second-order valence-electron chi connectivity index (χ2n) is 6.77. The monoisotopic (exact) mass is 375 g/mol. The quantitative estimate of drug-likeness (QED) is 0.748. The number of likely N-dealkylation sites (tertiary alicyclic amines) is 1. The van der Waals surface area contributed by atoms with E-state index < -0.39 is 0 Å². The molecule has 0 aromatic carbocycles. The van der Waals surface area contributed by atoms with Crippen LogP contribution in [0.3, 0.4) is 0 Å². The van der Waals surface area contributed by atoms with Crippen LogP contribution in [-0.4, -0.2) is 42.3 Å². The predicted molar refractivity (Wildman–Crippen MR) is 104 cm³/mol. The molecule has 4 rings (SSSR count). The topological polar surface area (TPSA) is 96.8 Å². The minimum Gasteiger partial charge on any atom is -0.329 e. The van der Waals surface area contributed by atoms with Crippen LogP contribution in [0.2, 0.25) is 0 Å². The molecule has 3 aromatic rings. The first-order chi connectivity index (χ1) is 13.6. The van der Waals surface area contributed by atoms with Crippen molar-refractivity contribution >= 4 is 17.5 Å². The van der Waals surface area contributed by atoms with Gasteiger partial charge in [0.1, 0.15) is 23.2 Å². The fraction of sp³-hybridized carbons (Fsp3) is 0.300. The highest BCUT2D eigenvalue weighted by atomic mass is 16.2. The van der Waals surface area contributed by atoms with Gasteiger partial charge in [-0.15, -0.1) is 0 Å². The Morgan fingerprint density at radius 3 is 2.86 bits per heavy atom. The lowest BCUT2D eigenvalue weighted by atomic mass is 10.1. The molecule has 28 heavy (non-hydrogen) atoms. The summed E-state index contributed by atoms with van der Waals surface area (Å²) in [6.07, 6.45) is 8.10. The summed E-state index contributed by atoms with van der Waals surface area (Å²) in [7, 11) is 0. The molecule has 8 nitrogen and oxygen atoms in total. The fourth-order valence-corrected chi connectivity index (χ4v) is 3.44. The summed E-state index contributed by atoms with van der Waals surface area (Å²) in [6, 6.07) is 5.67. The first-order valence-corrected chi connectivity index (χ1v) is 9.23. The van der Waals surface area contributed by atoms with E-state index in [1.54, 1.807) is 12.4 Å². The van der Waals surface area contributed by atoms with Crippen molar-refractivity contribution in [2.75, 3.05) is 11.9 Å². The van der Waals surface area contributed by atoms with Gasteiger partial charge in [-0.05, 0) is 38.3 Å². The zero-order valence-corrected chi connectivity index (χ0v) is 15.8. The normalized spacial score (nSPS) is 16.2. The maximum Gasteiger partial charge on any atom is 0.274 e. The molecule has 1 N–H and O–H groups in total. The van der Waals surface area contributed by atoms with Gasteiger partial charge < -0.3 is 10.2 Å². The summed E-state index contributed by atoms with van der Waals surface area (Å²) in [5, 5.41) is 3.26. The fourth-order valence-electron chi connectivity index (χ4n) is 3.44. The van der Waals surface area contributed by atoms with Crippen molar-refractivity contribution in [3.8, 4) is 0 Å². The molecule has 0 bridgehead atoms.